The van der Waals surface area contributed by atoms with Crippen molar-refractivity contribution in [2.45, 2.75) is 6.92 Å². The third-order valence-corrected chi connectivity index (χ3v) is 4.68. The summed E-state index contributed by atoms with van der Waals surface area (Å²) in [4.78, 5) is 16.6. The standard InChI is InChI=1S/C21H25N3O2/c1-17-9-10-20(19(16-17)21(25)22-26)24-14-12-23(13-15-24)11-5-8-18-6-3-2-4-7-18/h2-10,16,26H,11-15H2,1H3,(H,22,25)/b8-5+. The molecule has 0 aromatic heterocycles. The molecule has 1 aliphatic heterocycles. The van der Waals surface area contributed by atoms with Crippen LogP contribution in [0.15, 0.2) is 54.6 Å². The molecule has 0 spiro atoms. The number of aryl methyl sites for hydroxylation is 1. The molecule has 0 aliphatic carbocycles. The fraction of sp³-hybridized carbons (Fsp3) is 0.286. The summed E-state index contributed by atoms with van der Waals surface area (Å²) in [5.41, 5.74) is 5.36. The first-order chi connectivity index (χ1) is 12.7. The van der Waals surface area contributed by atoms with Gasteiger partial charge in [0, 0.05) is 38.4 Å². The Morgan fingerprint density at radius 1 is 1.12 bits per heavy atom. The van der Waals surface area contributed by atoms with E-state index in [2.05, 4.69) is 34.1 Å². The summed E-state index contributed by atoms with van der Waals surface area (Å²) in [5, 5.41) is 9.00. The van der Waals surface area contributed by atoms with Crippen molar-refractivity contribution in [1.29, 1.82) is 0 Å². The Kier molecular flexibility index (Phi) is 6.04. The maximum atomic E-state index is 12.0. The van der Waals surface area contributed by atoms with Crippen molar-refractivity contribution in [2.75, 3.05) is 37.6 Å². The van der Waals surface area contributed by atoms with E-state index in [0.717, 1.165) is 44.0 Å². The highest BCUT2D eigenvalue weighted by atomic mass is 16.5. The average molecular weight is 351 g/mol. The monoisotopic (exact) mass is 351 g/mol. The van der Waals surface area contributed by atoms with Crippen molar-refractivity contribution in [2.24, 2.45) is 0 Å². The van der Waals surface area contributed by atoms with Crippen LogP contribution in [0.4, 0.5) is 5.69 Å². The minimum atomic E-state index is -0.461. The van der Waals surface area contributed by atoms with Gasteiger partial charge in [0.05, 0.1) is 5.56 Å². The van der Waals surface area contributed by atoms with E-state index in [1.54, 1.807) is 5.48 Å². The first-order valence-electron chi connectivity index (χ1n) is 8.91. The second kappa shape index (κ2) is 8.65. The lowest BCUT2D eigenvalue weighted by Gasteiger charge is -2.36. The van der Waals surface area contributed by atoms with Gasteiger partial charge in [-0.15, -0.1) is 0 Å². The number of piperazine rings is 1. The lowest BCUT2D eigenvalue weighted by molar-refractivity contribution is 0.0706. The molecular formula is C21H25N3O2. The van der Waals surface area contributed by atoms with Crippen LogP contribution in [0.2, 0.25) is 0 Å². The average Bonchev–Trinajstić information content (AvgIpc) is 2.69. The van der Waals surface area contributed by atoms with E-state index in [1.807, 2.05) is 43.3 Å². The van der Waals surface area contributed by atoms with Crippen molar-refractivity contribution in [1.82, 2.24) is 10.4 Å². The van der Waals surface area contributed by atoms with Crippen LogP contribution in [-0.4, -0.2) is 48.7 Å². The van der Waals surface area contributed by atoms with Crippen molar-refractivity contribution >= 4 is 17.7 Å². The third-order valence-electron chi connectivity index (χ3n) is 4.68. The van der Waals surface area contributed by atoms with Gasteiger partial charge in [0.1, 0.15) is 0 Å². The van der Waals surface area contributed by atoms with Crippen LogP contribution in [0.5, 0.6) is 0 Å². The first kappa shape index (κ1) is 18.2. The molecule has 5 heteroatoms. The fourth-order valence-corrected chi connectivity index (χ4v) is 3.24. The molecule has 5 nitrogen and oxygen atoms in total. The zero-order chi connectivity index (χ0) is 18.4. The number of hydrogen-bond acceptors (Lipinski definition) is 4. The summed E-state index contributed by atoms with van der Waals surface area (Å²) in [7, 11) is 0. The number of nitrogens with zero attached hydrogens (tertiary/aromatic N) is 2. The second-order valence-electron chi connectivity index (χ2n) is 6.56. The molecule has 0 bridgehead atoms. The molecule has 1 heterocycles. The quantitative estimate of drug-likeness (QED) is 0.642. The minimum Gasteiger partial charge on any atom is -0.368 e. The Morgan fingerprint density at radius 3 is 2.54 bits per heavy atom. The Morgan fingerprint density at radius 2 is 1.85 bits per heavy atom. The number of carbonyl (C=O) groups is 1. The topological polar surface area (TPSA) is 55.8 Å². The van der Waals surface area contributed by atoms with Crippen molar-refractivity contribution in [3.8, 4) is 0 Å². The van der Waals surface area contributed by atoms with Crippen LogP contribution in [0.3, 0.4) is 0 Å². The molecule has 1 saturated heterocycles. The molecule has 0 atom stereocenters. The Hall–Kier alpha value is -2.63. The summed E-state index contributed by atoms with van der Waals surface area (Å²) >= 11 is 0. The molecule has 2 N–H and O–H groups in total. The molecule has 1 aliphatic rings. The van der Waals surface area contributed by atoms with Gasteiger partial charge in [-0.3, -0.25) is 14.9 Å². The number of rotatable bonds is 5. The molecule has 3 rings (SSSR count). The van der Waals surface area contributed by atoms with E-state index in [0.29, 0.717) is 5.56 Å². The predicted molar refractivity (Wildman–Crippen MR) is 105 cm³/mol. The molecule has 1 fully saturated rings. The van der Waals surface area contributed by atoms with Gasteiger partial charge in [0.15, 0.2) is 0 Å². The van der Waals surface area contributed by atoms with Crippen LogP contribution >= 0.6 is 0 Å². The number of anilines is 1. The van der Waals surface area contributed by atoms with Gasteiger partial charge in [0.25, 0.3) is 5.91 Å². The van der Waals surface area contributed by atoms with Crippen molar-refractivity contribution in [3.05, 3.63) is 71.3 Å². The molecule has 26 heavy (non-hydrogen) atoms. The molecule has 2 aromatic rings. The molecule has 0 unspecified atom stereocenters. The number of nitrogens with one attached hydrogen (secondary N) is 1. The summed E-state index contributed by atoms with van der Waals surface area (Å²) in [6.45, 7) is 6.44. The Labute approximate surface area is 154 Å². The number of amides is 1. The maximum Gasteiger partial charge on any atom is 0.276 e. The summed E-state index contributed by atoms with van der Waals surface area (Å²) in [6.07, 6.45) is 4.34. The van der Waals surface area contributed by atoms with Crippen molar-refractivity contribution in [3.63, 3.8) is 0 Å². The summed E-state index contributed by atoms with van der Waals surface area (Å²) < 4.78 is 0. The van der Waals surface area contributed by atoms with Crippen LogP contribution in [-0.2, 0) is 0 Å². The lowest BCUT2D eigenvalue weighted by atomic mass is 10.1. The van der Waals surface area contributed by atoms with E-state index in [1.165, 1.54) is 5.56 Å². The second-order valence-corrected chi connectivity index (χ2v) is 6.56. The maximum absolute atomic E-state index is 12.0. The molecule has 2 aromatic carbocycles. The van der Waals surface area contributed by atoms with Gasteiger partial charge in [-0.25, -0.2) is 5.48 Å². The summed E-state index contributed by atoms with van der Waals surface area (Å²) in [6, 6.07) is 16.1. The predicted octanol–water partition coefficient (Wildman–Crippen LogP) is 2.95. The number of hydroxylamine groups is 1. The SMILES string of the molecule is Cc1ccc(N2CCN(C/C=C/c3ccccc3)CC2)c(C(=O)NO)c1. The van der Waals surface area contributed by atoms with E-state index in [4.69, 9.17) is 5.21 Å². The number of carbonyl (C=O) groups excluding carboxylic acids is 1. The lowest BCUT2D eigenvalue weighted by Crippen LogP contribution is -2.47. The van der Waals surface area contributed by atoms with E-state index < -0.39 is 5.91 Å². The van der Waals surface area contributed by atoms with Crippen LogP contribution < -0.4 is 10.4 Å². The highest BCUT2D eigenvalue weighted by Crippen LogP contribution is 2.23. The molecule has 136 valence electrons. The zero-order valence-electron chi connectivity index (χ0n) is 15.1. The third kappa shape index (κ3) is 4.50. The largest absolute Gasteiger partial charge is 0.368 e. The number of hydrogen-bond donors (Lipinski definition) is 2. The molecule has 0 radical (unpaired) electrons. The van der Waals surface area contributed by atoms with Gasteiger partial charge in [-0.2, -0.15) is 0 Å². The fourth-order valence-electron chi connectivity index (χ4n) is 3.24. The van der Waals surface area contributed by atoms with Gasteiger partial charge in [-0.05, 0) is 24.6 Å². The zero-order valence-corrected chi connectivity index (χ0v) is 15.1. The van der Waals surface area contributed by atoms with Gasteiger partial charge in [-0.1, -0.05) is 54.1 Å². The van der Waals surface area contributed by atoms with E-state index in [9.17, 15) is 4.79 Å². The van der Waals surface area contributed by atoms with E-state index >= 15 is 0 Å². The smallest absolute Gasteiger partial charge is 0.276 e. The van der Waals surface area contributed by atoms with Crippen molar-refractivity contribution < 1.29 is 10.0 Å². The number of benzene rings is 2. The molecular weight excluding hydrogens is 326 g/mol. The highest BCUT2D eigenvalue weighted by molar-refractivity contribution is 5.99. The highest BCUT2D eigenvalue weighted by Gasteiger charge is 2.21. The van der Waals surface area contributed by atoms with Gasteiger partial charge >= 0.3 is 0 Å². The normalized spacial score (nSPS) is 15.4. The molecule has 0 saturated carbocycles. The van der Waals surface area contributed by atoms with Crippen LogP contribution in [0.25, 0.3) is 6.08 Å². The minimum absolute atomic E-state index is 0.461. The van der Waals surface area contributed by atoms with Gasteiger partial charge < -0.3 is 4.90 Å². The van der Waals surface area contributed by atoms with E-state index in [-0.39, 0.29) is 0 Å². The Bertz CT molecular complexity index is 766. The van der Waals surface area contributed by atoms with Crippen LogP contribution in [0, 0.1) is 6.92 Å². The molecule has 1 amide bonds. The Balaban J connectivity index is 1.59. The van der Waals surface area contributed by atoms with Gasteiger partial charge in [0.2, 0.25) is 0 Å². The van der Waals surface area contributed by atoms with Crippen LogP contribution in [0.1, 0.15) is 21.5 Å². The first-order valence-corrected chi connectivity index (χ1v) is 8.91. The summed E-state index contributed by atoms with van der Waals surface area (Å²) in [5.74, 6) is -0.461.